The molecule has 0 N–H and O–H groups in total. The lowest BCUT2D eigenvalue weighted by atomic mass is 9.80. The second kappa shape index (κ2) is 12.8. The van der Waals surface area contributed by atoms with Crippen LogP contribution in [0.4, 0.5) is 0 Å². The van der Waals surface area contributed by atoms with Crippen LogP contribution in [0.2, 0.25) is 0 Å². The summed E-state index contributed by atoms with van der Waals surface area (Å²) in [7, 11) is 0. The van der Waals surface area contributed by atoms with Crippen molar-refractivity contribution in [3.05, 3.63) is 211 Å². The van der Waals surface area contributed by atoms with Crippen LogP contribution in [0.3, 0.4) is 0 Å². The van der Waals surface area contributed by atoms with Crippen molar-refractivity contribution in [2.45, 2.75) is 19.3 Å². The first-order valence-electron chi connectivity index (χ1n) is 20.5. The molecule has 12 rings (SSSR count). The van der Waals surface area contributed by atoms with Crippen LogP contribution in [-0.4, -0.2) is 14.1 Å². The molecule has 1 aliphatic carbocycles. The summed E-state index contributed by atoms with van der Waals surface area (Å²) >= 11 is 0. The second-order valence-electron chi connectivity index (χ2n) is 16.3. The monoisotopic (exact) mass is 753 g/mol. The number of rotatable bonds is 5. The lowest BCUT2D eigenvalue weighted by molar-refractivity contribution is 0.667. The first kappa shape index (κ1) is 33.6. The third kappa shape index (κ3) is 4.91. The summed E-state index contributed by atoms with van der Waals surface area (Å²) in [5.74, 6) is 0. The fourth-order valence-electron chi connectivity index (χ4n) is 10.1. The van der Waals surface area contributed by atoms with Gasteiger partial charge in [-0.05, 0) is 76.3 Å². The van der Waals surface area contributed by atoms with Gasteiger partial charge in [0.15, 0.2) is 0 Å². The Kier molecular flexibility index (Phi) is 7.27. The van der Waals surface area contributed by atoms with Gasteiger partial charge in [0, 0.05) is 55.0 Å². The molecule has 3 aromatic heterocycles. The molecule has 59 heavy (non-hydrogen) atoms. The Hall–Kier alpha value is -7.49. The normalized spacial score (nSPS) is 13.1. The van der Waals surface area contributed by atoms with Gasteiger partial charge in [-0.3, -0.25) is 0 Å². The lowest BCUT2D eigenvalue weighted by Crippen LogP contribution is -2.15. The fraction of sp³-hybridized carbons (Fsp3) is 0.0536. The molecule has 3 heteroatoms. The topological polar surface area (TPSA) is 22.8 Å². The maximum absolute atomic E-state index is 5.26. The van der Waals surface area contributed by atoms with Gasteiger partial charge in [-0.2, -0.15) is 0 Å². The minimum atomic E-state index is -0.235. The van der Waals surface area contributed by atoms with Gasteiger partial charge in [-0.25, -0.2) is 4.98 Å². The molecule has 0 fully saturated rings. The van der Waals surface area contributed by atoms with E-state index in [-0.39, 0.29) is 5.41 Å². The predicted octanol–water partition coefficient (Wildman–Crippen LogP) is 14.6. The molecule has 0 unspecified atom stereocenters. The Morgan fingerprint density at radius 3 is 1.56 bits per heavy atom. The largest absolute Gasteiger partial charge is 0.309 e. The summed E-state index contributed by atoms with van der Waals surface area (Å²) in [5, 5.41) is 5.12. The van der Waals surface area contributed by atoms with Crippen molar-refractivity contribution in [3.63, 3.8) is 0 Å². The van der Waals surface area contributed by atoms with E-state index in [0.29, 0.717) is 0 Å². The van der Waals surface area contributed by atoms with Gasteiger partial charge in [0.2, 0.25) is 0 Å². The summed E-state index contributed by atoms with van der Waals surface area (Å²) in [6.45, 7) is 4.83. The molecule has 1 aliphatic rings. The van der Waals surface area contributed by atoms with E-state index in [1.165, 1.54) is 71.4 Å². The Morgan fingerprint density at radius 1 is 0.407 bits per heavy atom. The molecule has 0 aliphatic heterocycles. The van der Waals surface area contributed by atoms with E-state index in [0.717, 1.165) is 39.5 Å². The van der Waals surface area contributed by atoms with Crippen LogP contribution in [-0.2, 0) is 5.41 Å². The van der Waals surface area contributed by atoms with Gasteiger partial charge >= 0.3 is 0 Å². The first-order valence-corrected chi connectivity index (χ1v) is 20.5. The van der Waals surface area contributed by atoms with E-state index in [1.54, 1.807) is 0 Å². The Balaban J connectivity index is 1.17. The number of nitrogens with zero attached hydrogens (tertiary/aromatic N) is 3. The van der Waals surface area contributed by atoms with E-state index < -0.39 is 0 Å². The molecular formula is C56H39N3. The molecule has 0 bridgehead atoms. The van der Waals surface area contributed by atoms with Crippen molar-refractivity contribution in [3.8, 4) is 56.1 Å². The molecule has 8 aromatic carbocycles. The Labute approximate surface area is 343 Å². The average molecular weight is 754 g/mol. The minimum Gasteiger partial charge on any atom is -0.309 e. The van der Waals surface area contributed by atoms with Gasteiger partial charge in [0.05, 0.1) is 33.5 Å². The quantitative estimate of drug-likeness (QED) is 0.172. The van der Waals surface area contributed by atoms with E-state index in [1.807, 2.05) is 0 Å². The van der Waals surface area contributed by atoms with E-state index in [2.05, 4.69) is 223 Å². The summed E-state index contributed by atoms with van der Waals surface area (Å²) in [5.41, 5.74) is 18.8. The van der Waals surface area contributed by atoms with Gasteiger partial charge in [0.1, 0.15) is 0 Å². The van der Waals surface area contributed by atoms with Crippen molar-refractivity contribution in [1.82, 2.24) is 14.1 Å². The number of fused-ring (bicyclic) bond motifs is 12. The number of aromatic nitrogens is 3. The highest BCUT2D eigenvalue weighted by Crippen LogP contribution is 2.58. The van der Waals surface area contributed by atoms with Crippen LogP contribution in [0.15, 0.2) is 200 Å². The molecular weight excluding hydrogens is 715 g/mol. The second-order valence-corrected chi connectivity index (χ2v) is 16.3. The molecule has 0 radical (unpaired) electrons. The maximum atomic E-state index is 5.26. The standard InChI is InChI=1S/C56H39N3/c1-56(2)45-27-15-12-24-42(45)50-53(56)51-43-25-13-16-28-48(43)59(55(51)52-44-26-14-17-29-49(44)58(54(50)52)40-22-10-5-11-23-40)41-32-30-38(31-33-41)47-35-39(36-18-6-3-7-19-36)34-46(57-47)37-20-8-4-9-21-37/h3-35H,1-2H3. The SMILES string of the molecule is CC1(C)c2ccccc2-c2c1c1c3ccccc3n(-c3ccc(-c4cc(-c5ccccc5)cc(-c5ccccc5)n4)cc3)c1c1c3ccccc3n(-c3ccccc3)c21. The molecule has 0 atom stereocenters. The Morgan fingerprint density at radius 2 is 0.898 bits per heavy atom. The van der Waals surface area contributed by atoms with Gasteiger partial charge < -0.3 is 9.13 Å². The number of para-hydroxylation sites is 3. The lowest BCUT2D eigenvalue weighted by Gasteiger charge is -2.23. The van der Waals surface area contributed by atoms with Crippen LogP contribution in [0.1, 0.15) is 25.0 Å². The van der Waals surface area contributed by atoms with E-state index in [9.17, 15) is 0 Å². The van der Waals surface area contributed by atoms with Crippen LogP contribution < -0.4 is 0 Å². The third-order valence-corrected chi connectivity index (χ3v) is 12.7. The Bertz CT molecular complexity index is 3370. The molecule has 0 spiro atoms. The minimum absolute atomic E-state index is 0.235. The fourth-order valence-corrected chi connectivity index (χ4v) is 10.1. The summed E-state index contributed by atoms with van der Waals surface area (Å²) in [4.78, 5) is 5.26. The molecule has 11 aromatic rings. The van der Waals surface area contributed by atoms with Crippen molar-refractivity contribution in [1.29, 1.82) is 0 Å². The first-order chi connectivity index (χ1) is 29.1. The summed E-state index contributed by atoms with van der Waals surface area (Å²) in [6.07, 6.45) is 0. The molecule has 0 saturated heterocycles. The van der Waals surface area contributed by atoms with Crippen LogP contribution in [0, 0.1) is 0 Å². The average Bonchev–Trinajstić information content (AvgIpc) is 3.90. The highest BCUT2D eigenvalue weighted by Gasteiger charge is 2.41. The number of hydrogen-bond donors (Lipinski definition) is 0. The van der Waals surface area contributed by atoms with Gasteiger partial charge in [0.25, 0.3) is 0 Å². The smallest absolute Gasteiger partial charge is 0.0715 e. The van der Waals surface area contributed by atoms with Crippen molar-refractivity contribution < 1.29 is 0 Å². The van der Waals surface area contributed by atoms with Crippen molar-refractivity contribution in [2.75, 3.05) is 0 Å². The van der Waals surface area contributed by atoms with Gasteiger partial charge in [-0.15, -0.1) is 0 Å². The van der Waals surface area contributed by atoms with Crippen molar-refractivity contribution >= 4 is 43.6 Å². The van der Waals surface area contributed by atoms with Crippen LogP contribution >= 0.6 is 0 Å². The molecule has 0 saturated carbocycles. The highest BCUT2D eigenvalue weighted by molar-refractivity contribution is 6.31. The number of pyridine rings is 1. The number of benzene rings is 8. The van der Waals surface area contributed by atoms with E-state index >= 15 is 0 Å². The third-order valence-electron chi connectivity index (χ3n) is 12.7. The zero-order valence-corrected chi connectivity index (χ0v) is 32.9. The molecule has 3 heterocycles. The zero-order valence-electron chi connectivity index (χ0n) is 32.9. The molecule has 0 amide bonds. The van der Waals surface area contributed by atoms with Gasteiger partial charge in [-0.1, -0.05) is 166 Å². The number of hydrogen-bond acceptors (Lipinski definition) is 1. The molecule has 3 nitrogen and oxygen atoms in total. The highest BCUT2D eigenvalue weighted by atomic mass is 15.0. The van der Waals surface area contributed by atoms with E-state index in [4.69, 9.17) is 4.98 Å². The molecule has 278 valence electrons. The maximum Gasteiger partial charge on any atom is 0.0715 e. The summed E-state index contributed by atoms with van der Waals surface area (Å²) in [6, 6.07) is 72.5. The summed E-state index contributed by atoms with van der Waals surface area (Å²) < 4.78 is 5.04. The van der Waals surface area contributed by atoms with Crippen molar-refractivity contribution in [2.24, 2.45) is 0 Å². The van der Waals surface area contributed by atoms with Crippen LogP contribution in [0.5, 0.6) is 0 Å². The predicted molar refractivity (Wildman–Crippen MR) is 247 cm³/mol. The van der Waals surface area contributed by atoms with Crippen LogP contribution in [0.25, 0.3) is 99.8 Å². The zero-order chi connectivity index (χ0) is 39.2.